The summed E-state index contributed by atoms with van der Waals surface area (Å²) in [6.45, 7) is 6.96. The summed E-state index contributed by atoms with van der Waals surface area (Å²) in [5.74, 6) is 1.95. The van der Waals surface area contributed by atoms with Crippen LogP contribution in [0.25, 0.3) is 0 Å². The third-order valence-corrected chi connectivity index (χ3v) is 5.32. The Morgan fingerprint density at radius 3 is 2.69 bits per heavy atom. The van der Waals surface area contributed by atoms with Crippen molar-refractivity contribution in [3.63, 3.8) is 0 Å². The Kier molecular flexibility index (Phi) is 7.14. The van der Waals surface area contributed by atoms with Gasteiger partial charge in [-0.15, -0.1) is 0 Å². The van der Waals surface area contributed by atoms with Crippen LogP contribution in [0, 0.1) is 0 Å². The molecule has 2 fully saturated rings. The smallest absolute Gasteiger partial charge is 0.193 e. The highest BCUT2D eigenvalue weighted by atomic mass is 16.5. The number of methoxy groups -OCH3 is 1. The van der Waals surface area contributed by atoms with Gasteiger partial charge in [-0.3, -0.25) is 9.89 Å². The first-order valence-electron chi connectivity index (χ1n) is 9.70. The maximum absolute atomic E-state index is 5.47. The zero-order chi connectivity index (χ0) is 18.2. The standard InChI is InChI=1S/C20H32N4O2/c1-21-20(22-10-3-4-17-5-7-19(25-2)8-6-17)24-11-9-18(16-24)23-12-14-26-15-13-23/h5-8,18H,3-4,9-16H2,1-2H3,(H,21,22). The normalized spacial score (nSPS) is 21.8. The van der Waals surface area contributed by atoms with Gasteiger partial charge < -0.3 is 19.7 Å². The predicted molar refractivity (Wildman–Crippen MR) is 105 cm³/mol. The van der Waals surface area contributed by atoms with Crippen LogP contribution in [0.1, 0.15) is 18.4 Å². The largest absolute Gasteiger partial charge is 0.497 e. The fourth-order valence-electron chi connectivity index (χ4n) is 3.79. The van der Waals surface area contributed by atoms with Crippen molar-refractivity contribution in [1.82, 2.24) is 15.1 Å². The van der Waals surface area contributed by atoms with Crippen molar-refractivity contribution in [3.8, 4) is 5.75 Å². The van der Waals surface area contributed by atoms with Crippen LogP contribution in [0.2, 0.25) is 0 Å². The van der Waals surface area contributed by atoms with Crippen molar-refractivity contribution >= 4 is 5.96 Å². The van der Waals surface area contributed by atoms with Gasteiger partial charge in [-0.05, 0) is 37.0 Å². The molecule has 2 saturated heterocycles. The molecule has 2 aliphatic heterocycles. The molecule has 1 unspecified atom stereocenters. The number of hydrogen-bond acceptors (Lipinski definition) is 4. The molecular formula is C20H32N4O2. The number of hydrogen-bond donors (Lipinski definition) is 1. The zero-order valence-corrected chi connectivity index (χ0v) is 16.1. The molecule has 6 nitrogen and oxygen atoms in total. The van der Waals surface area contributed by atoms with E-state index in [1.165, 1.54) is 12.0 Å². The van der Waals surface area contributed by atoms with Gasteiger partial charge >= 0.3 is 0 Å². The van der Waals surface area contributed by atoms with E-state index in [2.05, 4.69) is 32.2 Å². The Hall–Kier alpha value is -1.79. The van der Waals surface area contributed by atoms with E-state index >= 15 is 0 Å². The molecule has 144 valence electrons. The van der Waals surface area contributed by atoms with Gasteiger partial charge in [-0.2, -0.15) is 0 Å². The van der Waals surface area contributed by atoms with Crippen molar-refractivity contribution in [3.05, 3.63) is 29.8 Å². The summed E-state index contributed by atoms with van der Waals surface area (Å²) < 4.78 is 10.7. The number of benzene rings is 1. The number of ether oxygens (including phenoxy) is 2. The minimum absolute atomic E-state index is 0.636. The van der Waals surface area contributed by atoms with Gasteiger partial charge in [-0.1, -0.05) is 12.1 Å². The van der Waals surface area contributed by atoms with Crippen molar-refractivity contribution in [2.45, 2.75) is 25.3 Å². The summed E-state index contributed by atoms with van der Waals surface area (Å²) in [7, 11) is 3.58. The molecule has 0 saturated carbocycles. The first-order valence-corrected chi connectivity index (χ1v) is 9.70. The van der Waals surface area contributed by atoms with Crippen molar-refractivity contribution < 1.29 is 9.47 Å². The number of aliphatic imine (C=N–C) groups is 1. The number of morpholine rings is 1. The molecule has 0 radical (unpaired) electrons. The van der Waals surface area contributed by atoms with E-state index in [0.29, 0.717) is 6.04 Å². The summed E-state index contributed by atoms with van der Waals surface area (Å²) in [6, 6.07) is 8.97. The second kappa shape index (κ2) is 9.78. The molecule has 1 atom stereocenters. The van der Waals surface area contributed by atoms with Gasteiger partial charge in [0.2, 0.25) is 0 Å². The number of likely N-dealkylation sites (tertiary alicyclic amines) is 1. The van der Waals surface area contributed by atoms with Gasteiger partial charge in [0.25, 0.3) is 0 Å². The minimum atomic E-state index is 0.636. The maximum atomic E-state index is 5.47. The van der Waals surface area contributed by atoms with Gasteiger partial charge in [0.05, 0.1) is 20.3 Å². The molecule has 0 bridgehead atoms. The lowest BCUT2D eigenvalue weighted by Crippen LogP contribution is -2.46. The van der Waals surface area contributed by atoms with Gasteiger partial charge in [-0.25, -0.2) is 0 Å². The van der Waals surface area contributed by atoms with Crippen molar-refractivity contribution in [2.24, 2.45) is 4.99 Å². The van der Waals surface area contributed by atoms with Crippen LogP contribution in [0.4, 0.5) is 0 Å². The second-order valence-electron chi connectivity index (χ2n) is 6.96. The lowest BCUT2D eigenvalue weighted by atomic mass is 10.1. The Bertz CT molecular complexity index is 570. The highest BCUT2D eigenvalue weighted by Crippen LogP contribution is 2.17. The summed E-state index contributed by atoms with van der Waals surface area (Å²) in [5.41, 5.74) is 1.34. The SMILES string of the molecule is CN=C(NCCCc1ccc(OC)cc1)N1CCC(N2CCOCC2)C1. The van der Waals surface area contributed by atoms with Crippen LogP contribution in [0.15, 0.2) is 29.3 Å². The number of aryl methyl sites for hydroxylation is 1. The molecule has 2 heterocycles. The summed E-state index contributed by atoms with van der Waals surface area (Å²) in [5, 5.41) is 3.54. The highest BCUT2D eigenvalue weighted by molar-refractivity contribution is 5.80. The minimum Gasteiger partial charge on any atom is -0.497 e. The van der Waals surface area contributed by atoms with E-state index in [-0.39, 0.29) is 0 Å². The molecule has 1 N–H and O–H groups in total. The zero-order valence-electron chi connectivity index (χ0n) is 16.1. The van der Waals surface area contributed by atoms with Crippen LogP contribution in [0.3, 0.4) is 0 Å². The lowest BCUT2D eigenvalue weighted by molar-refractivity contribution is 0.0195. The lowest BCUT2D eigenvalue weighted by Gasteiger charge is -2.32. The summed E-state index contributed by atoms with van der Waals surface area (Å²) in [6.07, 6.45) is 3.36. The quantitative estimate of drug-likeness (QED) is 0.475. The molecule has 0 aromatic heterocycles. The molecule has 6 heteroatoms. The molecule has 0 amide bonds. The van der Waals surface area contributed by atoms with Crippen LogP contribution < -0.4 is 10.1 Å². The summed E-state index contributed by atoms with van der Waals surface area (Å²) >= 11 is 0. The maximum Gasteiger partial charge on any atom is 0.193 e. The fourth-order valence-corrected chi connectivity index (χ4v) is 3.79. The third-order valence-electron chi connectivity index (χ3n) is 5.32. The summed E-state index contributed by atoms with van der Waals surface area (Å²) in [4.78, 5) is 9.45. The first kappa shape index (κ1) is 19.0. The molecule has 1 aromatic carbocycles. The third kappa shape index (κ3) is 5.11. The van der Waals surface area contributed by atoms with Crippen molar-refractivity contribution in [2.75, 3.05) is 60.1 Å². The first-order chi connectivity index (χ1) is 12.8. The van der Waals surface area contributed by atoms with Crippen LogP contribution in [-0.4, -0.2) is 81.9 Å². The number of nitrogens with zero attached hydrogens (tertiary/aromatic N) is 3. The van der Waals surface area contributed by atoms with E-state index in [0.717, 1.165) is 70.5 Å². The van der Waals surface area contributed by atoms with E-state index in [1.807, 2.05) is 19.2 Å². The molecule has 26 heavy (non-hydrogen) atoms. The van der Waals surface area contributed by atoms with Gasteiger partial charge in [0.15, 0.2) is 5.96 Å². The van der Waals surface area contributed by atoms with Crippen LogP contribution in [-0.2, 0) is 11.2 Å². The van der Waals surface area contributed by atoms with Gasteiger partial charge in [0.1, 0.15) is 5.75 Å². The van der Waals surface area contributed by atoms with E-state index < -0.39 is 0 Å². The molecule has 2 aliphatic rings. The molecule has 0 aliphatic carbocycles. The Morgan fingerprint density at radius 2 is 2.00 bits per heavy atom. The number of nitrogens with one attached hydrogen (secondary N) is 1. The topological polar surface area (TPSA) is 49.3 Å². The number of guanidine groups is 1. The predicted octanol–water partition coefficient (Wildman–Crippen LogP) is 1.61. The Labute approximate surface area is 157 Å². The van der Waals surface area contributed by atoms with E-state index in [1.54, 1.807) is 7.11 Å². The Morgan fingerprint density at radius 1 is 1.23 bits per heavy atom. The highest BCUT2D eigenvalue weighted by Gasteiger charge is 2.30. The fraction of sp³-hybridized carbons (Fsp3) is 0.650. The van der Waals surface area contributed by atoms with Gasteiger partial charge in [0, 0.05) is 45.8 Å². The van der Waals surface area contributed by atoms with Crippen molar-refractivity contribution in [1.29, 1.82) is 0 Å². The van der Waals surface area contributed by atoms with Crippen LogP contribution in [0.5, 0.6) is 5.75 Å². The molecule has 0 spiro atoms. The van der Waals surface area contributed by atoms with E-state index in [4.69, 9.17) is 9.47 Å². The van der Waals surface area contributed by atoms with E-state index in [9.17, 15) is 0 Å². The Balaban J connectivity index is 1.39. The average Bonchev–Trinajstić information content (AvgIpc) is 3.19. The molecular weight excluding hydrogens is 328 g/mol. The molecule has 3 rings (SSSR count). The molecule has 1 aromatic rings. The average molecular weight is 361 g/mol. The monoisotopic (exact) mass is 360 g/mol. The second-order valence-corrected chi connectivity index (χ2v) is 6.96. The van der Waals surface area contributed by atoms with Crippen LogP contribution >= 0.6 is 0 Å². The number of rotatable bonds is 6.